The molecule has 2 bridgehead atoms. The summed E-state index contributed by atoms with van der Waals surface area (Å²) in [5, 5.41) is 0. The van der Waals surface area contributed by atoms with Gasteiger partial charge in [0.15, 0.2) is 0 Å². The summed E-state index contributed by atoms with van der Waals surface area (Å²) in [5.74, 6) is 0. The minimum atomic E-state index is -0.160. The second-order valence-electron chi connectivity index (χ2n) is 5.82. The van der Waals surface area contributed by atoms with E-state index < -0.39 is 0 Å². The van der Waals surface area contributed by atoms with Crippen LogP contribution in [0.4, 0.5) is 4.79 Å². The maximum absolute atomic E-state index is 12.4. The van der Waals surface area contributed by atoms with E-state index in [4.69, 9.17) is 4.74 Å². The number of piperidine rings is 1. The van der Waals surface area contributed by atoms with E-state index >= 15 is 0 Å². The Labute approximate surface area is 120 Å². The van der Waals surface area contributed by atoms with Gasteiger partial charge in [-0.15, -0.1) is 0 Å². The Morgan fingerprint density at radius 2 is 2.10 bits per heavy atom. The van der Waals surface area contributed by atoms with E-state index in [0.717, 1.165) is 24.8 Å². The average Bonchev–Trinajstić information content (AvgIpc) is 2.45. The van der Waals surface area contributed by atoms with Gasteiger partial charge in [-0.3, -0.25) is 4.90 Å². The highest BCUT2D eigenvalue weighted by molar-refractivity contribution is 5.69. The molecule has 1 aromatic carbocycles. The zero-order valence-corrected chi connectivity index (χ0v) is 11.9. The summed E-state index contributed by atoms with van der Waals surface area (Å²) in [5.41, 5.74) is 2.45. The highest BCUT2D eigenvalue weighted by atomic mass is 16.6. The van der Waals surface area contributed by atoms with Gasteiger partial charge in [-0.2, -0.15) is 0 Å². The molecule has 3 nitrogen and oxygen atoms in total. The number of rotatable bonds is 2. The topological polar surface area (TPSA) is 29.5 Å². The highest BCUT2D eigenvalue weighted by Gasteiger charge is 2.36. The Balaban J connectivity index is 1.65. The van der Waals surface area contributed by atoms with Crippen LogP contribution >= 0.6 is 0 Å². The zero-order valence-electron chi connectivity index (χ0n) is 11.9. The molecule has 0 radical (unpaired) electrons. The van der Waals surface area contributed by atoms with Crippen molar-refractivity contribution in [2.24, 2.45) is 0 Å². The van der Waals surface area contributed by atoms with Gasteiger partial charge in [-0.25, -0.2) is 4.79 Å². The van der Waals surface area contributed by atoms with E-state index in [2.05, 4.69) is 13.0 Å². The van der Waals surface area contributed by atoms with Crippen molar-refractivity contribution >= 4 is 6.09 Å². The summed E-state index contributed by atoms with van der Waals surface area (Å²) >= 11 is 0. The smallest absolute Gasteiger partial charge is 0.410 e. The van der Waals surface area contributed by atoms with Gasteiger partial charge in [0.1, 0.15) is 6.61 Å². The lowest BCUT2D eigenvalue weighted by Crippen LogP contribution is -2.51. The third kappa shape index (κ3) is 2.72. The van der Waals surface area contributed by atoms with Crippen LogP contribution in [-0.2, 0) is 11.3 Å². The van der Waals surface area contributed by atoms with Crippen LogP contribution in [0.3, 0.4) is 0 Å². The van der Waals surface area contributed by atoms with Gasteiger partial charge in [0.05, 0.1) is 6.04 Å². The SMILES string of the molecule is CC1=CC2CCCC(C1)N2C(=O)OCc1ccccc1. The fourth-order valence-electron chi connectivity index (χ4n) is 3.32. The molecule has 106 valence electrons. The Kier molecular flexibility index (Phi) is 3.77. The number of nitrogens with zero attached hydrogens (tertiary/aromatic N) is 1. The summed E-state index contributed by atoms with van der Waals surface area (Å²) in [6.45, 7) is 2.52. The van der Waals surface area contributed by atoms with Crippen LogP contribution in [0, 0.1) is 0 Å². The molecule has 0 aromatic heterocycles. The number of fused-ring (bicyclic) bond motifs is 2. The first-order valence-electron chi connectivity index (χ1n) is 7.40. The van der Waals surface area contributed by atoms with Crippen LogP contribution in [0.2, 0.25) is 0 Å². The first-order chi connectivity index (χ1) is 9.74. The van der Waals surface area contributed by atoms with E-state index in [1.54, 1.807) is 0 Å². The molecule has 3 rings (SSSR count). The first-order valence-corrected chi connectivity index (χ1v) is 7.40. The molecular weight excluding hydrogens is 250 g/mol. The second-order valence-corrected chi connectivity index (χ2v) is 5.82. The van der Waals surface area contributed by atoms with Gasteiger partial charge in [-0.1, -0.05) is 42.0 Å². The van der Waals surface area contributed by atoms with E-state index in [-0.39, 0.29) is 12.1 Å². The Morgan fingerprint density at radius 3 is 2.85 bits per heavy atom. The molecule has 0 N–H and O–H groups in total. The summed E-state index contributed by atoms with van der Waals surface area (Å²) in [4.78, 5) is 14.3. The van der Waals surface area contributed by atoms with Crippen LogP contribution in [0.25, 0.3) is 0 Å². The van der Waals surface area contributed by atoms with Gasteiger partial charge in [0, 0.05) is 6.04 Å². The number of ether oxygens (including phenoxy) is 1. The summed E-state index contributed by atoms with van der Waals surface area (Å²) in [6.07, 6.45) is 6.45. The third-order valence-electron chi connectivity index (χ3n) is 4.24. The van der Waals surface area contributed by atoms with Gasteiger partial charge in [-0.05, 0) is 38.2 Å². The lowest BCUT2D eigenvalue weighted by Gasteiger charge is -2.43. The molecule has 20 heavy (non-hydrogen) atoms. The minimum Gasteiger partial charge on any atom is -0.445 e. The first kappa shape index (κ1) is 13.2. The summed E-state index contributed by atoms with van der Waals surface area (Å²) < 4.78 is 5.50. The van der Waals surface area contributed by atoms with Crippen molar-refractivity contribution in [2.45, 2.75) is 51.3 Å². The molecule has 1 fully saturated rings. The maximum Gasteiger partial charge on any atom is 0.410 e. The van der Waals surface area contributed by atoms with E-state index in [1.807, 2.05) is 35.2 Å². The molecule has 0 saturated carbocycles. The van der Waals surface area contributed by atoms with Crippen molar-refractivity contribution in [3.63, 3.8) is 0 Å². The summed E-state index contributed by atoms with van der Waals surface area (Å²) in [7, 11) is 0. The normalized spacial score (nSPS) is 25.1. The van der Waals surface area contributed by atoms with Crippen LogP contribution in [-0.4, -0.2) is 23.1 Å². The molecule has 3 heteroatoms. The molecule has 2 unspecified atom stereocenters. The van der Waals surface area contributed by atoms with E-state index in [0.29, 0.717) is 12.6 Å². The number of carbonyl (C=O) groups excluding carboxylic acids is 1. The van der Waals surface area contributed by atoms with Crippen molar-refractivity contribution < 1.29 is 9.53 Å². The maximum atomic E-state index is 12.4. The molecule has 2 aliphatic heterocycles. The predicted octanol–water partition coefficient (Wildman–Crippen LogP) is 3.90. The van der Waals surface area contributed by atoms with Crippen LogP contribution in [0.5, 0.6) is 0 Å². The Bertz CT molecular complexity index is 509. The molecule has 0 aliphatic carbocycles. The monoisotopic (exact) mass is 271 g/mol. The fourth-order valence-corrected chi connectivity index (χ4v) is 3.32. The summed E-state index contributed by atoms with van der Waals surface area (Å²) in [6, 6.07) is 10.4. The lowest BCUT2D eigenvalue weighted by molar-refractivity contribution is 0.0484. The van der Waals surface area contributed by atoms with Gasteiger partial charge in [0.2, 0.25) is 0 Å². The molecule has 1 amide bonds. The van der Waals surface area contributed by atoms with Crippen molar-refractivity contribution in [1.29, 1.82) is 0 Å². The second kappa shape index (κ2) is 5.70. The Hall–Kier alpha value is -1.77. The lowest BCUT2D eigenvalue weighted by atomic mass is 9.86. The third-order valence-corrected chi connectivity index (χ3v) is 4.24. The van der Waals surface area contributed by atoms with E-state index in [9.17, 15) is 4.79 Å². The molecule has 2 heterocycles. The molecule has 2 atom stereocenters. The molecule has 2 aliphatic rings. The largest absolute Gasteiger partial charge is 0.445 e. The van der Waals surface area contributed by atoms with Gasteiger partial charge >= 0.3 is 6.09 Å². The van der Waals surface area contributed by atoms with E-state index in [1.165, 1.54) is 12.0 Å². The number of hydrogen-bond acceptors (Lipinski definition) is 2. The van der Waals surface area contributed by atoms with Crippen molar-refractivity contribution in [3.8, 4) is 0 Å². The standard InChI is InChI=1S/C17H21NO2/c1-13-10-15-8-5-9-16(11-13)18(15)17(19)20-12-14-6-3-2-4-7-14/h2-4,6-7,10,15-16H,5,8-9,11-12H2,1H3. The van der Waals surface area contributed by atoms with Crippen LogP contribution < -0.4 is 0 Å². The highest BCUT2D eigenvalue weighted by Crippen LogP contribution is 2.33. The van der Waals surface area contributed by atoms with Crippen molar-refractivity contribution in [2.75, 3.05) is 0 Å². The van der Waals surface area contributed by atoms with Gasteiger partial charge in [0.25, 0.3) is 0 Å². The Morgan fingerprint density at radius 1 is 1.30 bits per heavy atom. The zero-order chi connectivity index (χ0) is 13.9. The number of amides is 1. The van der Waals surface area contributed by atoms with Gasteiger partial charge < -0.3 is 4.74 Å². The molecular formula is C17H21NO2. The molecule has 1 saturated heterocycles. The van der Waals surface area contributed by atoms with Crippen molar-refractivity contribution in [1.82, 2.24) is 4.90 Å². The minimum absolute atomic E-state index is 0.160. The average molecular weight is 271 g/mol. The van der Waals surface area contributed by atoms with Crippen LogP contribution in [0.1, 0.15) is 38.2 Å². The molecule has 1 aromatic rings. The number of benzene rings is 1. The van der Waals surface area contributed by atoms with Crippen LogP contribution in [0.15, 0.2) is 42.0 Å². The number of hydrogen-bond donors (Lipinski definition) is 0. The predicted molar refractivity (Wildman–Crippen MR) is 78.3 cm³/mol. The quantitative estimate of drug-likeness (QED) is 0.764. The number of carbonyl (C=O) groups is 1. The fraction of sp³-hybridized carbons (Fsp3) is 0.471. The van der Waals surface area contributed by atoms with Crippen molar-refractivity contribution in [3.05, 3.63) is 47.5 Å². The molecule has 0 spiro atoms.